The van der Waals surface area contributed by atoms with Gasteiger partial charge in [-0.05, 0) is 37.7 Å². The minimum Gasteiger partial charge on any atom is -0.366 e. The van der Waals surface area contributed by atoms with Crippen LogP contribution in [0.15, 0.2) is 30.5 Å². The number of nitrogens with one attached hydrogen (secondary N) is 2. The Morgan fingerprint density at radius 1 is 1.19 bits per heavy atom. The van der Waals surface area contributed by atoms with Gasteiger partial charge in [0.25, 0.3) is 0 Å². The molecule has 2 N–H and O–H groups in total. The Morgan fingerprint density at radius 2 is 2.15 bits per heavy atom. The van der Waals surface area contributed by atoms with Crippen LogP contribution in [-0.4, -0.2) is 66.7 Å². The van der Waals surface area contributed by atoms with E-state index in [1.165, 1.54) is 12.1 Å². The van der Waals surface area contributed by atoms with Crippen molar-refractivity contribution in [2.45, 2.75) is 24.9 Å². The summed E-state index contributed by atoms with van der Waals surface area (Å²) in [5.41, 5.74) is 4.55. The van der Waals surface area contributed by atoms with Crippen LogP contribution >= 0.6 is 0 Å². The molecule has 3 aliphatic heterocycles. The van der Waals surface area contributed by atoms with Gasteiger partial charge in [-0.25, -0.2) is 4.98 Å². The minimum atomic E-state index is 0.470. The van der Waals surface area contributed by atoms with Crippen molar-refractivity contribution in [2.75, 3.05) is 50.0 Å². The van der Waals surface area contributed by atoms with Gasteiger partial charge in [0, 0.05) is 68.7 Å². The molecule has 2 saturated heterocycles. The lowest BCUT2D eigenvalue weighted by Crippen LogP contribution is -2.50. The Bertz CT molecular complexity index is 807. The number of pyridine rings is 2. The van der Waals surface area contributed by atoms with Gasteiger partial charge in [0.15, 0.2) is 5.82 Å². The van der Waals surface area contributed by atoms with Crippen molar-refractivity contribution in [3.05, 3.63) is 36.2 Å². The van der Waals surface area contributed by atoms with E-state index in [9.17, 15) is 0 Å². The summed E-state index contributed by atoms with van der Waals surface area (Å²) in [6.07, 6.45) is 4.07. The van der Waals surface area contributed by atoms with Crippen LogP contribution in [0.1, 0.15) is 12.1 Å². The van der Waals surface area contributed by atoms with Gasteiger partial charge in [-0.1, -0.05) is 0 Å². The van der Waals surface area contributed by atoms with Crippen LogP contribution in [-0.2, 0) is 6.42 Å². The Kier molecular flexibility index (Phi) is 4.02. The van der Waals surface area contributed by atoms with Gasteiger partial charge in [-0.15, -0.1) is 0 Å². The first-order valence-electron chi connectivity index (χ1n) is 9.64. The maximum Gasteiger partial charge on any atom is 0.150 e. The second kappa shape index (κ2) is 6.52. The Morgan fingerprint density at radius 3 is 3.08 bits per heavy atom. The molecule has 1 unspecified atom stereocenters. The molecule has 0 spiro atoms. The van der Waals surface area contributed by atoms with Crippen LogP contribution in [0.3, 0.4) is 0 Å². The van der Waals surface area contributed by atoms with E-state index in [4.69, 9.17) is 4.98 Å². The minimum absolute atomic E-state index is 0.470. The number of hydrogen-bond donors (Lipinski definition) is 2. The van der Waals surface area contributed by atoms with E-state index >= 15 is 0 Å². The van der Waals surface area contributed by atoms with Gasteiger partial charge >= 0.3 is 0 Å². The molecular weight excluding hydrogens is 324 g/mol. The van der Waals surface area contributed by atoms with E-state index in [0.29, 0.717) is 12.1 Å². The van der Waals surface area contributed by atoms with Crippen molar-refractivity contribution < 1.29 is 0 Å². The SMILES string of the molecule is CN1CCNC(Cc2cc(-c3ccc4c(n3)N[C@H]3CCN4C3)ccn2)C1. The van der Waals surface area contributed by atoms with E-state index in [-0.39, 0.29) is 0 Å². The smallest absolute Gasteiger partial charge is 0.150 e. The summed E-state index contributed by atoms with van der Waals surface area (Å²) in [6.45, 7) is 5.49. The maximum atomic E-state index is 4.92. The summed E-state index contributed by atoms with van der Waals surface area (Å²) in [6, 6.07) is 9.64. The van der Waals surface area contributed by atoms with Crippen molar-refractivity contribution >= 4 is 11.5 Å². The zero-order valence-corrected chi connectivity index (χ0v) is 15.3. The average molecular weight is 350 g/mol. The van der Waals surface area contributed by atoms with Crippen molar-refractivity contribution in [3.8, 4) is 11.3 Å². The molecule has 6 heteroatoms. The molecule has 0 radical (unpaired) electrons. The second-order valence-corrected chi connectivity index (χ2v) is 7.79. The monoisotopic (exact) mass is 350 g/mol. The second-order valence-electron chi connectivity index (χ2n) is 7.79. The molecule has 2 aromatic heterocycles. The molecule has 2 aromatic rings. The summed E-state index contributed by atoms with van der Waals surface area (Å²) >= 11 is 0. The molecule has 26 heavy (non-hydrogen) atoms. The van der Waals surface area contributed by atoms with Gasteiger partial charge in [-0.3, -0.25) is 4.98 Å². The van der Waals surface area contributed by atoms with Gasteiger partial charge in [0.2, 0.25) is 0 Å². The molecule has 5 rings (SSSR count). The molecular formula is C20H26N6. The molecule has 136 valence electrons. The van der Waals surface area contributed by atoms with Crippen LogP contribution in [0.5, 0.6) is 0 Å². The predicted molar refractivity (Wildman–Crippen MR) is 105 cm³/mol. The third kappa shape index (κ3) is 3.04. The Labute approximate surface area is 154 Å². The van der Waals surface area contributed by atoms with E-state index in [2.05, 4.69) is 56.7 Å². The highest BCUT2D eigenvalue weighted by molar-refractivity contribution is 5.74. The van der Waals surface area contributed by atoms with E-state index in [0.717, 1.165) is 61.9 Å². The maximum absolute atomic E-state index is 4.92. The quantitative estimate of drug-likeness (QED) is 0.877. The molecule has 0 aromatic carbocycles. The van der Waals surface area contributed by atoms with Gasteiger partial charge in [0.1, 0.15) is 0 Å². The topological polar surface area (TPSA) is 56.3 Å². The van der Waals surface area contributed by atoms with Crippen LogP contribution in [0, 0.1) is 0 Å². The highest BCUT2D eigenvalue weighted by atomic mass is 15.3. The molecule has 6 nitrogen and oxygen atoms in total. The standard InChI is InChI=1S/C20H26N6/c1-25-9-7-22-17(12-25)11-16-10-14(4-6-21-16)18-2-3-19-20(24-18)23-15-5-8-26(19)13-15/h2-4,6,10,15,17,22H,5,7-9,11-13H2,1H3,(H,23,24)/t15-,17?/m0/s1. The van der Waals surface area contributed by atoms with Crippen LogP contribution < -0.4 is 15.5 Å². The predicted octanol–water partition coefficient (Wildman–Crippen LogP) is 1.59. The number of fused-ring (bicyclic) bond motifs is 4. The molecule has 2 atom stereocenters. The van der Waals surface area contributed by atoms with Gasteiger partial charge in [0.05, 0.1) is 11.4 Å². The molecule has 3 aliphatic rings. The Hall–Kier alpha value is -2.18. The first-order valence-corrected chi connectivity index (χ1v) is 9.64. The zero-order valence-electron chi connectivity index (χ0n) is 15.3. The van der Waals surface area contributed by atoms with Crippen molar-refractivity contribution in [1.82, 2.24) is 20.2 Å². The summed E-state index contributed by atoms with van der Waals surface area (Å²) in [5, 5.41) is 7.20. The summed E-state index contributed by atoms with van der Waals surface area (Å²) in [4.78, 5) is 14.3. The van der Waals surface area contributed by atoms with Crippen LogP contribution in [0.4, 0.5) is 11.5 Å². The third-order valence-electron chi connectivity index (χ3n) is 5.77. The summed E-state index contributed by atoms with van der Waals surface area (Å²) < 4.78 is 0. The average Bonchev–Trinajstić information content (AvgIpc) is 3.04. The first-order chi connectivity index (χ1) is 12.7. The molecule has 0 amide bonds. The van der Waals surface area contributed by atoms with E-state index < -0.39 is 0 Å². The molecule has 2 bridgehead atoms. The normalized spacial score (nSPS) is 25.0. The highest BCUT2D eigenvalue weighted by Gasteiger charge is 2.30. The van der Waals surface area contributed by atoms with Crippen molar-refractivity contribution in [1.29, 1.82) is 0 Å². The third-order valence-corrected chi connectivity index (χ3v) is 5.77. The van der Waals surface area contributed by atoms with Crippen LogP contribution in [0.2, 0.25) is 0 Å². The van der Waals surface area contributed by atoms with Crippen LogP contribution in [0.25, 0.3) is 11.3 Å². The first kappa shape index (κ1) is 16.0. The lowest BCUT2D eigenvalue weighted by atomic mass is 10.1. The fourth-order valence-corrected chi connectivity index (χ4v) is 4.39. The Balaban J connectivity index is 1.38. The number of nitrogens with zero attached hydrogens (tertiary/aromatic N) is 4. The van der Waals surface area contributed by atoms with Gasteiger partial charge in [-0.2, -0.15) is 0 Å². The molecule has 5 heterocycles. The number of aromatic nitrogens is 2. The number of anilines is 2. The lowest BCUT2D eigenvalue weighted by molar-refractivity contribution is 0.237. The fourth-order valence-electron chi connectivity index (χ4n) is 4.39. The molecule has 2 fully saturated rings. The zero-order chi connectivity index (χ0) is 17.5. The lowest BCUT2D eigenvalue weighted by Gasteiger charge is -2.30. The largest absolute Gasteiger partial charge is 0.366 e. The molecule has 0 aliphatic carbocycles. The number of rotatable bonds is 3. The van der Waals surface area contributed by atoms with E-state index in [1.807, 2.05) is 6.20 Å². The number of hydrogen-bond acceptors (Lipinski definition) is 6. The van der Waals surface area contributed by atoms with Crippen molar-refractivity contribution in [2.24, 2.45) is 0 Å². The number of likely N-dealkylation sites (N-methyl/N-ethyl adjacent to an activating group) is 1. The van der Waals surface area contributed by atoms with Crippen molar-refractivity contribution in [3.63, 3.8) is 0 Å². The number of piperazine rings is 1. The molecule has 0 saturated carbocycles. The summed E-state index contributed by atoms with van der Waals surface area (Å²) in [7, 11) is 2.19. The fraction of sp³-hybridized carbons (Fsp3) is 0.500. The van der Waals surface area contributed by atoms with Gasteiger partial charge < -0.3 is 20.4 Å². The van der Waals surface area contributed by atoms with E-state index in [1.54, 1.807) is 0 Å². The highest BCUT2D eigenvalue weighted by Crippen LogP contribution is 2.35. The summed E-state index contributed by atoms with van der Waals surface area (Å²) in [5.74, 6) is 1.03.